The van der Waals surface area contributed by atoms with Crippen molar-refractivity contribution in [2.75, 3.05) is 20.3 Å². The molecule has 10 heteroatoms. The van der Waals surface area contributed by atoms with Crippen LogP contribution in [0.3, 0.4) is 0 Å². The van der Waals surface area contributed by atoms with Crippen molar-refractivity contribution in [2.24, 2.45) is 0 Å². The summed E-state index contributed by atoms with van der Waals surface area (Å²) in [4.78, 5) is 40.2. The van der Waals surface area contributed by atoms with Gasteiger partial charge >= 0.3 is 6.18 Å². The second-order valence-electron chi connectivity index (χ2n) is 8.01. The number of halogens is 3. The van der Waals surface area contributed by atoms with E-state index in [1.54, 1.807) is 31.2 Å². The van der Waals surface area contributed by atoms with Crippen molar-refractivity contribution < 1.29 is 36.7 Å². The molecule has 1 fully saturated rings. The molecular weight excluding hydrogens is 441 g/mol. The Morgan fingerprint density at radius 1 is 1.24 bits per heavy atom. The molecule has 2 atom stereocenters. The lowest BCUT2D eigenvalue weighted by atomic mass is 9.74. The van der Waals surface area contributed by atoms with Crippen LogP contribution in [0, 0.1) is 6.92 Å². The summed E-state index contributed by atoms with van der Waals surface area (Å²) < 4.78 is 50.6. The SMILES string of the molecule is COCCCN1C(=O)C[C@](CC(=O)N[C@@H](c2ccco2)C(F)(F)F)(c2ccccc2C)C1=O. The van der Waals surface area contributed by atoms with Gasteiger partial charge in [-0.3, -0.25) is 19.3 Å². The molecule has 0 radical (unpaired) electrons. The lowest BCUT2D eigenvalue weighted by molar-refractivity contribution is -0.167. The summed E-state index contributed by atoms with van der Waals surface area (Å²) >= 11 is 0. The van der Waals surface area contributed by atoms with Crippen molar-refractivity contribution >= 4 is 17.7 Å². The molecule has 7 nitrogen and oxygen atoms in total. The quantitative estimate of drug-likeness (QED) is 0.452. The monoisotopic (exact) mass is 466 g/mol. The lowest BCUT2D eigenvalue weighted by Gasteiger charge is -2.29. The number of imide groups is 1. The smallest absolute Gasteiger partial charge is 0.415 e. The van der Waals surface area contributed by atoms with Crippen molar-refractivity contribution in [3.63, 3.8) is 0 Å². The number of ether oxygens (including phenoxy) is 1. The van der Waals surface area contributed by atoms with E-state index in [0.29, 0.717) is 24.2 Å². The van der Waals surface area contributed by atoms with E-state index in [-0.39, 0.29) is 13.0 Å². The lowest BCUT2D eigenvalue weighted by Crippen LogP contribution is -2.45. The van der Waals surface area contributed by atoms with Crippen molar-refractivity contribution in [2.45, 2.75) is 43.8 Å². The Kier molecular flexibility index (Phi) is 7.26. The summed E-state index contributed by atoms with van der Waals surface area (Å²) in [6, 6.07) is 6.76. The topological polar surface area (TPSA) is 88.8 Å². The van der Waals surface area contributed by atoms with E-state index in [2.05, 4.69) is 0 Å². The van der Waals surface area contributed by atoms with Crippen LogP contribution in [0.1, 0.15) is 42.2 Å². The van der Waals surface area contributed by atoms with Gasteiger partial charge in [-0.05, 0) is 36.6 Å². The van der Waals surface area contributed by atoms with Gasteiger partial charge in [-0.25, -0.2) is 0 Å². The van der Waals surface area contributed by atoms with Gasteiger partial charge in [-0.1, -0.05) is 24.3 Å². The predicted molar refractivity (Wildman–Crippen MR) is 111 cm³/mol. The molecule has 1 N–H and O–H groups in total. The van der Waals surface area contributed by atoms with Crippen molar-refractivity contribution in [1.82, 2.24) is 10.2 Å². The molecule has 0 spiro atoms. The first-order valence-electron chi connectivity index (χ1n) is 10.4. The Bertz CT molecular complexity index is 1010. The van der Waals surface area contributed by atoms with Gasteiger partial charge in [-0.2, -0.15) is 13.2 Å². The molecule has 0 aliphatic carbocycles. The van der Waals surface area contributed by atoms with E-state index >= 15 is 0 Å². The molecule has 1 saturated heterocycles. The fourth-order valence-electron chi connectivity index (χ4n) is 4.20. The molecule has 1 aliphatic rings. The normalized spacial score (nSPS) is 19.7. The molecule has 0 unspecified atom stereocenters. The summed E-state index contributed by atoms with van der Waals surface area (Å²) in [6.45, 7) is 2.14. The largest absolute Gasteiger partial charge is 0.467 e. The number of amides is 3. The summed E-state index contributed by atoms with van der Waals surface area (Å²) in [5, 5.41) is 1.94. The highest BCUT2D eigenvalue weighted by Crippen LogP contribution is 2.42. The maximum Gasteiger partial charge on any atom is 0.415 e. The number of hydrogen-bond acceptors (Lipinski definition) is 5. The number of carbonyl (C=O) groups is 3. The van der Waals surface area contributed by atoms with Crippen LogP contribution in [0.4, 0.5) is 13.2 Å². The molecule has 178 valence electrons. The summed E-state index contributed by atoms with van der Waals surface area (Å²) in [5.41, 5.74) is -0.503. The number of benzene rings is 1. The second kappa shape index (κ2) is 9.78. The highest BCUT2D eigenvalue weighted by atomic mass is 19.4. The van der Waals surface area contributed by atoms with Crippen LogP contribution in [0.25, 0.3) is 0 Å². The minimum Gasteiger partial charge on any atom is -0.467 e. The second-order valence-corrected chi connectivity index (χ2v) is 8.01. The van der Waals surface area contributed by atoms with E-state index in [9.17, 15) is 27.6 Å². The van der Waals surface area contributed by atoms with Crippen LogP contribution >= 0.6 is 0 Å². The Labute approximate surface area is 188 Å². The molecule has 0 saturated carbocycles. The van der Waals surface area contributed by atoms with E-state index in [0.717, 1.165) is 17.2 Å². The minimum absolute atomic E-state index is 0.0956. The maximum atomic E-state index is 13.6. The van der Waals surface area contributed by atoms with Gasteiger partial charge in [0.05, 0.1) is 11.7 Å². The highest BCUT2D eigenvalue weighted by molar-refractivity contribution is 6.11. The molecule has 2 aromatic rings. The third-order valence-electron chi connectivity index (χ3n) is 5.72. The zero-order chi connectivity index (χ0) is 24.2. The van der Waals surface area contributed by atoms with E-state index < -0.39 is 47.5 Å². The maximum absolute atomic E-state index is 13.6. The first kappa shape index (κ1) is 24.5. The van der Waals surface area contributed by atoms with Crippen LogP contribution in [0.5, 0.6) is 0 Å². The van der Waals surface area contributed by atoms with Crippen molar-refractivity contribution in [3.8, 4) is 0 Å². The van der Waals surface area contributed by atoms with Gasteiger partial charge in [-0.15, -0.1) is 0 Å². The number of methoxy groups -OCH3 is 1. The fourth-order valence-corrected chi connectivity index (χ4v) is 4.20. The summed E-state index contributed by atoms with van der Waals surface area (Å²) in [6.07, 6.45) is -4.26. The van der Waals surface area contributed by atoms with Gasteiger partial charge < -0.3 is 14.5 Å². The molecule has 1 aromatic carbocycles. The van der Waals surface area contributed by atoms with E-state index in [1.165, 1.54) is 13.2 Å². The number of carbonyl (C=O) groups excluding carboxylic acids is 3. The van der Waals surface area contributed by atoms with Crippen LogP contribution in [-0.4, -0.2) is 49.1 Å². The fraction of sp³-hybridized carbons (Fsp3) is 0.435. The van der Waals surface area contributed by atoms with Crippen molar-refractivity contribution in [1.29, 1.82) is 0 Å². The van der Waals surface area contributed by atoms with E-state index in [1.807, 2.05) is 5.32 Å². The van der Waals surface area contributed by atoms with Crippen molar-refractivity contribution in [3.05, 3.63) is 59.5 Å². The number of nitrogens with one attached hydrogen (secondary N) is 1. The number of hydrogen-bond donors (Lipinski definition) is 1. The molecule has 3 rings (SSSR count). The number of rotatable bonds is 9. The Morgan fingerprint density at radius 2 is 1.97 bits per heavy atom. The third kappa shape index (κ3) is 5.11. The van der Waals surface area contributed by atoms with Gasteiger partial charge in [0.15, 0.2) is 6.04 Å². The van der Waals surface area contributed by atoms with Crippen LogP contribution < -0.4 is 5.32 Å². The summed E-state index contributed by atoms with van der Waals surface area (Å²) in [5.74, 6) is -2.58. The van der Waals surface area contributed by atoms with Gasteiger partial charge in [0.25, 0.3) is 0 Å². The Morgan fingerprint density at radius 3 is 2.58 bits per heavy atom. The van der Waals surface area contributed by atoms with Crippen LogP contribution in [0.2, 0.25) is 0 Å². The predicted octanol–water partition coefficient (Wildman–Crippen LogP) is 3.43. The third-order valence-corrected chi connectivity index (χ3v) is 5.72. The number of furan rings is 1. The van der Waals surface area contributed by atoms with E-state index in [4.69, 9.17) is 9.15 Å². The molecule has 2 heterocycles. The van der Waals surface area contributed by atoms with Gasteiger partial charge in [0.2, 0.25) is 17.7 Å². The average molecular weight is 466 g/mol. The van der Waals surface area contributed by atoms with Crippen LogP contribution in [-0.2, 0) is 24.5 Å². The average Bonchev–Trinajstić information content (AvgIpc) is 3.35. The molecule has 1 aliphatic heterocycles. The zero-order valence-corrected chi connectivity index (χ0v) is 18.3. The van der Waals surface area contributed by atoms with Gasteiger partial charge in [0, 0.05) is 33.1 Å². The minimum atomic E-state index is -4.81. The Balaban J connectivity index is 1.93. The molecule has 33 heavy (non-hydrogen) atoms. The first-order valence-corrected chi connectivity index (χ1v) is 10.4. The zero-order valence-electron chi connectivity index (χ0n) is 18.3. The number of aryl methyl sites for hydroxylation is 1. The number of nitrogens with zero attached hydrogens (tertiary/aromatic N) is 1. The van der Waals surface area contributed by atoms with Crippen LogP contribution in [0.15, 0.2) is 47.1 Å². The van der Waals surface area contributed by atoms with Gasteiger partial charge in [0.1, 0.15) is 5.76 Å². The molecule has 1 aromatic heterocycles. The molecular formula is C23H25F3N2O5. The number of alkyl halides is 3. The molecule has 0 bridgehead atoms. The highest BCUT2D eigenvalue weighted by Gasteiger charge is 2.54. The summed E-state index contributed by atoms with van der Waals surface area (Å²) in [7, 11) is 1.49. The standard InChI is InChI=1S/C23H25F3N2O5/c1-15-7-3-4-8-16(15)22(14-19(30)28(21(22)31)10-6-11-32-2)13-18(29)27-20(23(24,25)26)17-9-5-12-33-17/h3-5,7-9,12,20H,6,10-11,13-14H2,1-2H3,(H,27,29)/t20-,22+/m0/s1. The Hall–Kier alpha value is -3.14. The first-order chi connectivity index (χ1) is 15.6. The number of likely N-dealkylation sites (tertiary alicyclic amines) is 1. The molecule has 3 amide bonds.